The van der Waals surface area contributed by atoms with Crippen LogP contribution in [0.25, 0.3) is 11.0 Å². The minimum Gasteiger partial charge on any atom is -0.339 e. The van der Waals surface area contributed by atoms with Crippen molar-refractivity contribution in [2.75, 3.05) is 12.3 Å². The number of nitrogens with one attached hydrogen (secondary N) is 1. The number of piperidine rings is 1. The van der Waals surface area contributed by atoms with E-state index in [0.717, 1.165) is 37.9 Å². The standard InChI is InChI=1S/C16H19F2N3OS/c1-2-10-5-3-4-6-21(10)15(22)9-23-16-19-13-7-11(17)12(18)8-14(13)20-16/h7-8,10H,2-6,9H2,1H3,(H,19,20). The molecule has 2 aromatic rings. The maximum atomic E-state index is 13.2. The lowest BCUT2D eigenvalue weighted by molar-refractivity contribution is -0.132. The molecular formula is C16H19F2N3OS. The number of carbonyl (C=O) groups is 1. The van der Waals surface area contributed by atoms with Gasteiger partial charge in [0.15, 0.2) is 16.8 Å². The van der Waals surface area contributed by atoms with Gasteiger partial charge in [-0.15, -0.1) is 0 Å². The molecule has 0 saturated carbocycles. The second kappa shape index (κ2) is 6.86. The first-order valence-electron chi connectivity index (χ1n) is 7.85. The van der Waals surface area contributed by atoms with Crippen LogP contribution in [0.5, 0.6) is 0 Å². The molecule has 0 aliphatic carbocycles. The summed E-state index contributed by atoms with van der Waals surface area (Å²) < 4.78 is 26.4. The minimum absolute atomic E-state index is 0.0966. The van der Waals surface area contributed by atoms with Crippen molar-refractivity contribution in [2.24, 2.45) is 0 Å². The molecule has 2 heterocycles. The molecule has 1 aliphatic heterocycles. The average molecular weight is 339 g/mol. The number of thioether (sulfide) groups is 1. The highest BCUT2D eigenvalue weighted by Gasteiger charge is 2.25. The SMILES string of the molecule is CCC1CCCCN1C(=O)CSc1nc2cc(F)c(F)cc2[nH]1. The maximum Gasteiger partial charge on any atom is 0.233 e. The molecule has 0 radical (unpaired) electrons. The van der Waals surface area contributed by atoms with E-state index in [1.165, 1.54) is 18.2 Å². The van der Waals surface area contributed by atoms with Gasteiger partial charge in [-0.25, -0.2) is 13.8 Å². The fraction of sp³-hybridized carbons (Fsp3) is 0.500. The Morgan fingerprint density at radius 3 is 2.96 bits per heavy atom. The molecule has 4 nitrogen and oxygen atoms in total. The number of halogens is 2. The minimum atomic E-state index is -0.921. The summed E-state index contributed by atoms with van der Waals surface area (Å²) in [5.74, 6) is -1.45. The van der Waals surface area contributed by atoms with Gasteiger partial charge in [0.2, 0.25) is 5.91 Å². The van der Waals surface area contributed by atoms with Crippen LogP contribution in [0.1, 0.15) is 32.6 Å². The Hall–Kier alpha value is -1.63. The molecule has 1 fully saturated rings. The lowest BCUT2D eigenvalue weighted by Crippen LogP contribution is -2.44. The zero-order valence-corrected chi connectivity index (χ0v) is 13.8. The van der Waals surface area contributed by atoms with Gasteiger partial charge in [0.25, 0.3) is 0 Å². The summed E-state index contributed by atoms with van der Waals surface area (Å²) >= 11 is 1.27. The number of H-pyrrole nitrogens is 1. The van der Waals surface area contributed by atoms with E-state index in [0.29, 0.717) is 22.2 Å². The van der Waals surface area contributed by atoms with E-state index in [1.807, 2.05) is 4.90 Å². The van der Waals surface area contributed by atoms with Crippen molar-refractivity contribution >= 4 is 28.7 Å². The fourth-order valence-electron chi connectivity index (χ4n) is 3.02. The van der Waals surface area contributed by atoms with Crippen LogP contribution in [0.2, 0.25) is 0 Å². The van der Waals surface area contributed by atoms with Crippen LogP contribution in [0.3, 0.4) is 0 Å². The third-order valence-electron chi connectivity index (χ3n) is 4.25. The van der Waals surface area contributed by atoms with Gasteiger partial charge in [-0.1, -0.05) is 18.7 Å². The van der Waals surface area contributed by atoms with E-state index in [2.05, 4.69) is 16.9 Å². The first-order valence-corrected chi connectivity index (χ1v) is 8.84. The Labute approximate surface area is 137 Å². The lowest BCUT2D eigenvalue weighted by atomic mass is 10.0. The number of rotatable bonds is 4. The average Bonchev–Trinajstić information content (AvgIpc) is 2.94. The van der Waals surface area contributed by atoms with E-state index in [9.17, 15) is 13.6 Å². The largest absolute Gasteiger partial charge is 0.339 e. The highest BCUT2D eigenvalue weighted by molar-refractivity contribution is 7.99. The van der Waals surface area contributed by atoms with Gasteiger partial charge in [-0.2, -0.15) is 0 Å². The number of likely N-dealkylation sites (tertiary alicyclic amines) is 1. The quantitative estimate of drug-likeness (QED) is 0.864. The molecule has 1 amide bonds. The molecule has 1 aliphatic rings. The van der Waals surface area contributed by atoms with Crippen LogP contribution in [-0.4, -0.2) is 39.1 Å². The molecule has 1 aromatic heterocycles. The maximum absolute atomic E-state index is 13.2. The monoisotopic (exact) mass is 339 g/mol. The number of aromatic nitrogens is 2. The molecule has 7 heteroatoms. The Morgan fingerprint density at radius 2 is 2.17 bits per heavy atom. The molecule has 0 bridgehead atoms. The molecule has 1 unspecified atom stereocenters. The van der Waals surface area contributed by atoms with Crippen molar-refractivity contribution in [1.82, 2.24) is 14.9 Å². The number of hydrogen-bond donors (Lipinski definition) is 1. The summed E-state index contributed by atoms with van der Waals surface area (Å²) in [7, 11) is 0. The predicted octanol–water partition coefficient (Wildman–Crippen LogP) is 3.72. The topological polar surface area (TPSA) is 49.0 Å². The van der Waals surface area contributed by atoms with Crippen molar-refractivity contribution in [3.05, 3.63) is 23.8 Å². The molecule has 3 rings (SSSR count). The number of imidazole rings is 1. The van der Waals surface area contributed by atoms with Crippen molar-refractivity contribution in [3.8, 4) is 0 Å². The number of hydrogen-bond acceptors (Lipinski definition) is 3. The Bertz CT molecular complexity index is 680. The van der Waals surface area contributed by atoms with Crippen LogP contribution in [0.15, 0.2) is 17.3 Å². The number of nitrogens with zero attached hydrogens (tertiary/aromatic N) is 2. The van der Waals surface area contributed by atoms with E-state index in [1.54, 1.807) is 0 Å². The first kappa shape index (κ1) is 16.2. The van der Waals surface area contributed by atoms with Gasteiger partial charge in [0.1, 0.15) is 0 Å². The van der Waals surface area contributed by atoms with Gasteiger partial charge < -0.3 is 9.88 Å². The second-order valence-corrected chi connectivity index (χ2v) is 6.72. The van der Waals surface area contributed by atoms with Crippen LogP contribution in [0.4, 0.5) is 8.78 Å². The highest BCUT2D eigenvalue weighted by atomic mass is 32.2. The smallest absolute Gasteiger partial charge is 0.233 e. The third kappa shape index (κ3) is 3.49. The number of benzene rings is 1. The normalized spacial score (nSPS) is 18.6. The van der Waals surface area contributed by atoms with Gasteiger partial charge in [-0.05, 0) is 25.7 Å². The molecule has 1 aromatic carbocycles. The first-order chi connectivity index (χ1) is 11.1. The third-order valence-corrected chi connectivity index (χ3v) is 5.11. The Morgan fingerprint density at radius 1 is 1.39 bits per heavy atom. The van der Waals surface area contributed by atoms with Crippen LogP contribution >= 0.6 is 11.8 Å². The van der Waals surface area contributed by atoms with Crippen LogP contribution < -0.4 is 0 Å². The van der Waals surface area contributed by atoms with Crippen LogP contribution in [0, 0.1) is 11.6 Å². The van der Waals surface area contributed by atoms with E-state index in [-0.39, 0.29) is 11.7 Å². The van der Waals surface area contributed by atoms with E-state index < -0.39 is 11.6 Å². The summed E-state index contributed by atoms with van der Waals surface area (Å²) in [4.78, 5) is 21.5. The summed E-state index contributed by atoms with van der Waals surface area (Å²) in [6.07, 6.45) is 4.27. The van der Waals surface area contributed by atoms with E-state index >= 15 is 0 Å². The second-order valence-electron chi connectivity index (χ2n) is 5.76. The van der Waals surface area contributed by atoms with Gasteiger partial charge in [0, 0.05) is 24.7 Å². The molecule has 124 valence electrons. The number of amides is 1. The highest BCUT2D eigenvalue weighted by Crippen LogP contribution is 2.24. The molecular weight excluding hydrogens is 320 g/mol. The number of fused-ring (bicyclic) bond motifs is 1. The zero-order valence-electron chi connectivity index (χ0n) is 12.9. The number of aromatic amines is 1. The fourth-order valence-corrected chi connectivity index (χ4v) is 3.79. The molecule has 1 N–H and O–H groups in total. The zero-order chi connectivity index (χ0) is 16.4. The van der Waals surface area contributed by atoms with Crippen LogP contribution in [-0.2, 0) is 4.79 Å². The summed E-state index contributed by atoms with van der Waals surface area (Å²) in [6.45, 7) is 2.92. The molecule has 0 spiro atoms. The summed E-state index contributed by atoms with van der Waals surface area (Å²) in [6, 6.07) is 2.47. The predicted molar refractivity (Wildman–Crippen MR) is 86.4 cm³/mol. The van der Waals surface area contributed by atoms with Gasteiger partial charge >= 0.3 is 0 Å². The molecule has 23 heavy (non-hydrogen) atoms. The number of carbonyl (C=O) groups excluding carboxylic acids is 1. The van der Waals surface area contributed by atoms with E-state index in [4.69, 9.17) is 0 Å². The van der Waals surface area contributed by atoms with Gasteiger partial charge in [0.05, 0.1) is 16.8 Å². The molecule has 1 atom stereocenters. The van der Waals surface area contributed by atoms with Crippen molar-refractivity contribution < 1.29 is 13.6 Å². The Kier molecular flexibility index (Phi) is 4.84. The van der Waals surface area contributed by atoms with Crippen molar-refractivity contribution in [2.45, 2.75) is 43.8 Å². The summed E-state index contributed by atoms with van der Waals surface area (Å²) in [5.41, 5.74) is 0.798. The molecule has 1 saturated heterocycles. The van der Waals surface area contributed by atoms with Gasteiger partial charge in [-0.3, -0.25) is 4.79 Å². The summed E-state index contributed by atoms with van der Waals surface area (Å²) in [5, 5.41) is 0.503. The van der Waals surface area contributed by atoms with Crippen molar-refractivity contribution in [1.29, 1.82) is 0 Å². The van der Waals surface area contributed by atoms with Crippen molar-refractivity contribution in [3.63, 3.8) is 0 Å². The Balaban J connectivity index is 1.66. The lowest BCUT2D eigenvalue weighted by Gasteiger charge is -2.35.